The van der Waals surface area contributed by atoms with Crippen molar-refractivity contribution < 1.29 is 21.8 Å². The molecule has 26 heavy (non-hydrogen) atoms. The third kappa shape index (κ3) is 5.05. The fraction of sp³-hybridized carbons (Fsp3) is 0.333. The summed E-state index contributed by atoms with van der Waals surface area (Å²) in [6, 6.07) is 7.79. The van der Waals surface area contributed by atoms with E-state index in [0.717, 1.165) is 18.2 Å². The van der Waals surface area contributed by atoms with E-state index in [0.29, 0.717) is 11.1 Å². The van der Waals surface area contributed by atoms with Crippen LogP contribution in [0.2, 0.25) is 5.02 Å². The Labute approximate surface area is 157 Å². The lowest BCUT2D eigenvalue weighted by atomic mass is 9.98. The van der Waals surface area contributed by atoms with Gasteiger partial charge in [0.2, 0.25) is 0 Å². The van der Waals surface area contributed by atoms with Crippen LogP contribution in [0.25, 0.3) is 0 Å². The molecule has 2 aromatic rings. The van der Waals surface area contributed by atoms with E-state index in [9.17, 15) is 21.8 Å². The number of hydrogen-bond donors (Lipinski definition) is 1. The van der Waals surface area contributed by atoms with Crippen LogP contribution in [0.15, 0.2) is 42.5 Å². The van der Waals surface area contributed by atoms with Crippen LogP contribution in [0, 0.1) is 5.82 Å². The molecule has 8 heteroatoms. The number of alkyl halides is 3. The Hall–Kier alpha value is -1.44. The maximum Gasteiger partial charge on any atom is 0.416 e. The molecule has 0 aliphatic carbocycles. The molecule has 0 saturated heterocycles. The molecule has 0 spiro atoms. The molecule has 2 atom stereocenters. The SMILES string of the molecule is CC(C)(C)[S@](=O)NC(c1ccc(C(F)(F)F)cc1)c1ccc(F)c(Cl)c1. The van der Waals surface area contributed by atoms with Crippen molar-refractivity contribution >= 4 is 22.6 Å². The van der Waals surface area contributed by atoms with Gasteiger partial charge in [-0.2, -0.15) is 13.2 Å². The topological polar surface area (TPSA) is 29.1 Å². The first-order chi connectivity index (χ1) is 11.9. The van der Waals surface area contributed by atoms with Crippen molar-refractivity contribution in [2.75, 3.05) is 0 Å². The zero-order valence-corrected chi connectivity index (χ0v) is 15.9. The standard InChI is InChI=1S/C18H18ClF4NOS/c1-17(2,3)26(25)24-16(12-6-9-15(20)14(19)10-12)11-4-7-13(8-5-11)18(21,22)23/h4-10,16,24H,1-3H3/t16?,26-/m0/s1. The fourth-order valence-corrected chi connectivity index (χ4v) is 3.20. The van der Waals surface area contributed by atoms with Gasteiger partial charge in [0.05, 0.1) is 32.4 Å². The summed E-state index contributed by atoms with van der Waals surface area (Å²) in [6.45, 7) is 5.28. The molecule has 2 nitrogen and oxygen atoms in total. The lowest BCUT2D eigenvalue weighted by Gasteiger charge is -2.25. The Morgan fingerprint density at radius 1 is 1.00 bits per heavy atom. The average molecular weight is 408 g/mol. The summed E-state index contributed by atoms with van der Waals surface area (Å²) in [6.07, 6.45) is -4.45. The monoisotopic (exact) mass is 407 g/mol. The summed E-state index contributed by atoms with van der Waals surface area (Å²) in [4.78, 5) is 0. The van der Waals surface area contributed by atoms with Crippen LogP contribution in [0.4, 0.5) is 17.6 Å². The van der Waals surface area contributed by atoms with Crippen LogP contribution in [0.3, 0.4) is 0 Å². The van der Waals surface area contributed by atoms with Crippen molar-refractivity contribution in [3.8, 4) is 0 Å². The third-order valence-corrected chi connectivity index (χ3v) is 5.48. The normalized spacial score (nSPS) is 14.9. The second-order valence-electron chi connectivity index (χ2n) is 6.73. The van der Waals surface area contributed by atoms with Crippen molar-refractivity contribution in [2.45, 2.75) is 37.7 Å². The third-order valence-electron chi connectivity index (χ3n) is 3.63. The van der Waals surface area contributed by atoms with Crippen LogP contribution in [-0.4, -0.2) is 8.96 Å². The Morgan fingerprint density at radius 3 is 2.00 bits per heavy atom. The summed E-state index contributed by atoms with van der Waals surface area (Å²) in [5.74, 6) is -0.612. The summed E-state index contributed by atoms with van der Waals surface area (Å²) in [5, 5.41) is -0.122. The maximum absolute atomic E-state index is 13.5. The van der Waals surface area contributed by atoms with Gasteiger partial charge in [-0.1, -0.05) is 29.8 Å². The number of nitrogens with one attached hydrogen (secondary N) is 1. The molecule has 0 aliphatic heterocycles. The summed E-state index contributed by atoms with van der Waals surface area (Å²) < 4.78 is 66.6. The zero-order valence-electron chi connectivity index (χ0n) is 14.3. The zero-order chi connectivity index (χ0) is 19.7. The van der Waals surface area contributed by atoms with Gasteiger partial charge in [0.25, 0.3) is 0 Å². The Morgan fingerprint density at radius 2 is 1.54 bits per heavy atom. The largest absolute Gasteiger partial charge is 0.416 e. The van der Waals surface area contributed by atoms with E-state index in [-0.39, 0.29) is 5.02 Å². The van der Waals surface area contributed by atoms with Gasteiger partial charge in [0, 0.05) is 0 Å². The predicted molar refractivity (Wildman–Crippen MR) is 95.7 cm³/mol. The minimum Gasteiger partial charge on any atom is -0.242 e. The first-order valence-electron chi connectivity index (χ1n) is 7.70. The van der Waals surface area contributed by atoms with Gasteiger partial charge in [-0.25, -0.2) is 13.3 Å². The molecule has 0 amide bonds. The average Bonchev–Trinajstić information content (AvgIpc) is 2.53. The van der Waals surface area contributed by atoms with Crippen molar-refractivity contribution in [3.63, 3.8) is 0 Å². The van der Waals surface area contributed by atoms with Gasteiger partial charge in [-0.3, -0.25) is 0 Å². The van der Waals surface area contributed by atoms with Gasteiger partial charge in [0.15, 0.2) is 0 Å². The number of halogens is 5. The van der Waals surface area contributed by atoms with Crippen LogP contribution in [0.1, 0.15) is 43.5 Å². The summed E-state index contributed by atoms with van der Waals surface area (Å²) in [7, 11) is -1.51. The van der Waals surface area contributed by atoms with E-state index in [2.05, 4.69) is 4.72 Å². The number of rotatable bonds is 4. The molecule has 0 aromatic heterocycles. The minimum atomic E-state index is -4.45. The summed E-state index contributed by atoms with van der Waals surface area (Å²) in [5.41, 5.74) is 0.168. The molecule has 0 heterocycles. The van der Waals surface area contributed by atoms with Gasteiger partial charge in [-0.05, 0) is 56.2 Å². The second kappa shape index (κ2) is 7.66. The number of benzene rings is 2. The molecule has 0 radical (unpaired) electrons. The van der Waals surface area contributed by atoms with E-state index < -0.39 is 39.3 Å². The molecule has 0 bridgehead atoms. The second-order valence-corrected chi connectivity index (χ2v) is 9.13. The smallest absolute Gasteiger partial charge is 0.242 e. The van der Waals surface area contributed by atoms with E-state index in [1.165, 1.54) is 24.3 Å². The van der Waals surface area contributed by atoms with Crippen molar-refractivity contribution in [1.82, 2.24) is 4.72 Å². The van der Waals surface area contributed by atoms with E-state index in [1.54, 1.807) is 20.8 Å². The van der Waals surface area contributed by atoms with E-state index in [1.807, 2.05) is 0 Å². The molecule has 0 aliphatic rings. The Kier molecular flexibility index (Phi) is 6.15. The van der Waals surface area contributed by atoms with E-state index >= 15 is 0 Å². The molecule has 1 unspecified atom stereocenters. The highest BCUT2D eigenvalue weighted by Gasteiger charge is 2.31. The molecule has 0 fully saturated rings. The highest BCUT2D eigenvalue weighted by molar-refractivity contribution is 7.84. The van der Waals surface area contributed by atoms with Gasteiger partial charge in [0.1, 0.15) is 5.82 Å². The van der Waals surface area contributed by atoms with Crippen molar-refractivity contribution in [3.05, 3.63) is 70.0 Å². The van der Waals surface area contributed by atoms with Crippen LogP contribution < -0.4 is 4.72 Å². The van der Waals surface area contributed by atoms with Gasteiger partial charge >= 0.3 is 6.18 Å². The molecule has 142 valence electrons. The van der Waals surface area contributed by atoms with Crippen LogP contribution >= 0.6 is 11.6 Å². The fourth-order valence-electron chi connectivity index (χ4n) is 2.17. The van der Waals surface area contributed by atoms with Crippen molar-refractivity contribution in [1.29, 1.82) is 0 Å². The van der Waals surface area contributed by atoms with Crippen LogP contribution in [0.5, 0.6) is 0 Å². The maximum atomic E-state index is 13.5. The molecule has 2 aromatic carbocycles. The first-order valence-corrected chi connectivity index (χ1v) is 9.22. The molecule has 0 saturated carbocycles. The first kappa shape index (κ1) is 20.9. The lowest BCUT2D eigenvalue weighted by molar-refractivity contribution is -0.137. The highest BCUT2D eigenvalue weighted by Crippen LogP contribution is 2.32. The summed E-state index contributed by atoms with van der Waals surface area (Å²) >= 11 is 5.83. The van der Waals surface area contributed by atoms with Crippen molar-refractivity contribution in [2.24, 2.45) is 0 Å². The highest BCUT2D eigenvalue weighted by atomic mass is 35.5. The lowest BCUT2D eigenvalue weighted by Crippen LogP contribution is -2.36. The predicted octanol–water partition coefficient (Wildman–Crippen LogP) is 5.64. The minimum absolute atomic E-state index is 0.122. The molecule has 2 rings (SSSR count). The van der Waals surface area contributed by atoms with Gasteiger partial charge < -0.3 is 0 Å². The Balaban J connectivity index is 2.46. The van der Waals surface area contributed by atoms with E-state index in [4.69, 9.17) is 11.6 Å². The molecular formula is C18H18ClF4NOS. The Bertz CT molecular complexity index is 800. The van der Waals surface area contributed by atoms with Gasteiger partial charge in [-0.15, -0.1) is 0 Å². The molecule has 1 N–H and O–H groups in total. The number of hydrogen-bond acceptors (Lipinski definition) is 1. The molecular weight excluding hydrogens is 390 g/mol. The van der Waals surface area contributed by atoms with Crippen LogP contribution in [-0.2, 0) is 17.2 Å². The quantitative estimate of drug-likeness (QED) is 0.653.